The number of carboxylic acid groups (broad SMARTS) is 1. The summed E-state index contributed by atoms with van der Waals surface area (Å²) in [5.41, 5.74) is 3.25. The number of aryl methyl sites for hydroxylation is 2. The molecule has 3 rings (SSSR count). The van der Waals surface area contributed by atoms with Crippen molar-refractivity contribution in [3.8, 4) is 0 Å². The molecule has 0 saturated heterocycles. The van der Waals surface area contributed by atoms with Crippen LogP contribution < -0.4 is 5.32 Å². The lowest BCUT2D eigenvalue weighted by Crippen LogP contribution is -2.35. The van der Waals surface area contributed by atoms with Crippen LogP contribution in [0.15, 0.2) is 48.7 Å². The highest BCUT2D eigenvalue weighted by Crippen LogP contribution is 2.24. The first-order chi connectivity index (χ1) is 14.7. The minimum atomic E-state index is -1.13. The van der Waals surface area contributed by atoms with Crippen molar-refractivity contribution in [2.45, 2.75) is 20.4 Å². The largest absolute Gasteiger partial charge is 0.480 e. The average Bonchev–Trinajstić information content (AvgIpc) is 2.71. The van der Waals surface area contributed by atoms with Gasteiger partial charge in [0.2, 0.25) is 5.95 Å². The molecule has 0 atom stereocenters. The number of carbonyl (C=O) groups is 2. The molecule has 2 N–H and O–H groups in total. The Hall–Kier alpha value is -3.16. The summed E-state index contributed by atoms with van der Waals surface area (Å²) in [6.07, 6.45) is 1.39. The fraction of sp³-hybridized carbons (Fsp3) is 0.182. The predicted octanol–water partition coefficient (Wildman–Crippen LogP) is 4.87. The van der Waals surface area contributed by atoms with Crippen molar-refractivity contribution in [1.29, 1.82) is 0 Å². The van der Waals surface area contributed by atoms with Crippen LogP contribution in [0.25, 0.3) is 0 Å². The number of carboxylic acids is 1. The molecule has 2 aromatic carbocycles. The van der Waals surface area contributed by atoms with Crippen molar-refractivity contribution in [2.24, 2.45) is 0 Å². The van der Waals surface area contributed by atoms with Crippen molar-refractivity contribution < 1.29 is 14.7 Å². The molecule has 0 aliphatic heterocycles. The lowest BCUT2D eigenvalue weighted by molar-refractivity contribution is -0.137. The summed E-state index contributed by atoms with van der Waals surface area (Å²) in [7, 11) is 0. The van der Waals surface area contributed by atoms with E-state index < -0.39 is 18.4 Å². The maximum absolute atomic E-state index is 13.1. The summed E-state index contributed by atoms with van der Waals surface area (Å²) >= 11 is 12.0. The van der Waals surface area contributed by atoms with Crippen LogP contribution in [0.3, 0.4) is 0 Å². The standard InChI is InChI=1S/C22H20Cl2N4O3/c1-13-3-6-16(7-4-13)27-22-25-10-17(14(2)26-22)21(31)28(12-20(29)30)11-15-5-8-18(23)19(24)9-15/h3-10H,11-12H2,1-2H3,(H,29,30)(H,25,26,27). The SMILES string of the molecule is Cc1ccc(Nc2ncc(C(=O)N(CC(=O)O)Cc3ccc(Cl)c(Cl)c3)c(C)n2)cc1. The number of aliphatic carboxylic acids is 1. The number of carbonyl (C=O) groups excluding carboxylic acids is 1. The first-order valence-electron chi connectivity index (χ1n) is 9.35. The van der Waals surface area contributed by atoms with Crippen LogP contribution >= 0.6 is 23.2 Å². The van der Waals surface area contributed by atoms with Crippen molar-refractivity contribution in [3.63, 3.8) is 0 Å². The second kappa shape index (κ2) is 9.76. The smallest absolute Gasteiger partial charge is 0.323 e. The molecule has 3 aromatic rings. The minimum absolute atomic E-state index is 0.0465. The number of nitrogens with zero attached hydrogens (tertiary/aromatic N) is 3. The number of aromatic nitrogens is 2. The Morgan fingerprint density at radius 2 is 1.77 bits per heavy atom. The zero-order chi connectivity index (χ0) is 22.5. The first kappa shape index (κ1) is 22.5. The third-order valence-corrected chi connectivity index (χ3v) is 5.23. The number of hydrogen-bond acceptors (Lipinski definition) is 5. The number of nitrogens with one attached hydrogen (secondary N) is 1. The number of hydrogen-bond donors (Lipinski definition) is 2. The van der Waals surface area contributed by atoms with Crippen molar-refractivity contribution in [1.82, 2.24) is 14.9 Å². The van der Waals surface area contributed by atoms with Gasteiger partial charge in [0.25, 0.3) is 5.91 Å². The average molecular weight is 459 g/mol. The van der Waals surface area contributed by atoms with Crippen LogP contribution in [0.4, 0.5) is 11.6 Å². The quantitative estimate of drug-likeness (QED) is 0.524. The zero-order valence-electron chi connectivity index (χ0n) is 16.9. The topological polar surface area (TPSA) is 95.4 Å². The van der Waals surface area contributed by atoms with Gasteiger partial charge < -0.3 is 15.3 Å². The number of amides is 1. The number of benzene rings is 2. The highest BCUT2D eigenvalue weighted by molar-refractivity contribution is 6.42. The lowest BCUT2D eigenvalue weighted by Gasteiger charge is -2.22. The number of anilines is 2. The molecule has 0 radical (unpaired) electrons. The highest BCUT2D eigenvalue weighted by Gasteiger charge is 2.22. The first-order valence-corrected chi connectivity index (χ1v) is 10.1. The van der Waals surface area contributed by atoms with Gasteiger partial charge in [0.1, 0.15) is 6.54 Å². The minimum Gasteiger partial charge on any atom is -0.480 e. The molecule has 0 fully saturated rings. The fourth-order valence-electron chi connectivity index (χ4n) is 2.89. The van der Waals surface area contributed by atoms with E-state index in [-0.39, 0.29) is 12.1 Å². The molecule has 9 heteroatoms. The van der Waals surface area contributed by atoms with Gasteiger partial charge in [0.05, 0.1) is 21.3 Å². The van der Waals surface area contributed by atoms with Crippen LogP contribution in [0.2, 0.25) is 10.0 Å². The fourth-order valence-corrected chi connectivity index (χ4v) is 3.22. The maximum atomic E-state index is 13.1. The summed E-state index contributed by atoms with van der Waals surface area (Å²) in [4.78, 5) is 34.2. The summed E-state index contributed by atoms with van der Waals surface area (Å²) < 4.78 is 0. The zero-order valence-corrected chi connectivity index (χ0v) is 18.4. The molecule has 160 valence electrons. The van der Waals surface area contributed by atoms with E-state index in [1.54, 1.807) is 25.1 Å². The molecule has 0 unspecified atom stereocenters. The van der Waals surface area contributed by atoms with Crippen molar-refractivity contribution in [3.05, 3.63) is 81.1 Å². The molecule has 0 aliphatic carbocycles. The van der Waals surface area contributed by atoms with Gasteiger partial charge in [0.15, 0.2) is 0 Å². The van der Waals surface area contributed by atoms with E-state index in [1.807, 2.05) is 31.2 Å². The van der Waals surface area contributed by atoms with Crippen molar-refractivity contribution >= 4 is 46.7 Å². The molecule has 0 bridgehead atoms. The van der Waals surface area contributed by atoms with Gasteiger partial charge in [-0.25, -0.2) is 9.97 Å². The van der Waals surface area contributed by atoms with Gasteiger partial charge in [-0.3, -0.25) is 9.59 Å². The third kappa shape index (κ3) is 5.93. The van der Waals surface area contributed by atoms with Crippen LogP contribution in [0, 0.1) is 13.8 Å². The summed E-state index contributed by atoms with van der Waals surface area (Å²) in [6.45, 7) is 3.23. The van der Waals surface area contributed by atoms with E-state index in [2.05, 4.69) is 15.3 Å². The van der Waals surface area contributed by atoms with E-state index in [0.717, 1.165) is 11.3 Å². The van der Waals surface area contributed by atoms with Crippen LogP contribution in [-0.4, -0.2) is 38.4 Å². The predicted molar refractivity (Wildman–Crippen MR) is 120 cm³/mol. The van der Waals surface area contributed by atoms with E-state index in [1.165, 1.54) is 11.1 Å². The van der Waals surface area contributed by atoms with Crippen molar-refractivity contribution in [2.75, 3.05) is 11.9 Å². The molecule has 1 aromatic heterocycles. The normalized spacial score (nSPS) is 10.6. The summed E-state index contributed by atoms with van der Waals surface area (Å²) in [5.74, 6) is -1.29. The highest BCUT2D eigenvalue weighted by atomic mass is 35.5. The molecule has 31 heavy (non-hydrogen) atoms. The van der Waals surface area contributed by atoms with E-state index >= 15 is 0 Å². The van der Waals surface area contributed by atoms with Gasteiger partial charge in [-0.15, -0.1) is 0 Å². The van der Waals surface area contributed by atoms with E-state index in [4.69, 9.17) is 23.2 Å². The Kier molecular flexibility index (Phi) is 7.09. The maximum Gasteiger partial charge on any atom is 0.323 e. The van der Waals surface area contributed by atoms with E-state index in [9.17, 15) is 14.7 Å². The Bertz CT molecular complexity index is 1120. The summed E-state index contributed by atoms with van der Waals surface area (Å²) in [5, 5.41) is 13.1. The molecule has 1 amide bonds. The summed E-state index contributed by atoms with van der Waals surface area (Å²) in [6, 6.07) is 12.6. The molecular weight excluding hydrogens is 439 g/mol. The van der Waals surface area contributed by atoms with Gasteiger partial charge in [0, 0.05) is 18.4 Å². The number of halogens is 2. The second-order valence-electron chi connectivity index (χ2n) is 6.99. The van der Waals surface area contributed by atoms with Gasteiger partial charge in [-0.1, -0.05) is 47.0 Å². The monoisotopic (exact) mass is 458 g/mol. The second-order valence-corrected chi connectivity index (χ2v) is 7.80. The molecular formula is C22H20Cl2N4O3. The molecule has 0 spiro atoms. The Morgan fingerprint density at radius 3 is 2.39 bits per heavy atom. The van der Waals surface area contributed by atoms with Crippen LogP contribution in [0.1, 0.15) is 27.2 Å². The Morgan fingerprint density at radius 1 is 1.06 bits per heavy atom. The van der Waals surface area contributed by atoms with Gasteiger partial charge in [-0.05, 0) is 43.7 Å². The molecule has 0 saturated carbocycles. The Labute approximate surface area is 189 Å². The number of rotatable bonds is 7. The van der Waals surface area contributed by atoms with Crippen LogP contribution in [-0.2, 0) is 11.3 Å². The molecule has 7 nitrogen and oxygen atoms in total. The third-order valence-electron chi connectivity index (χ3n) is 4.49. The van der Waals surface area contributed by atoms with E-state index in [0.29, 0.717) is 27.3 Å². The molecule has 0 aliphatic rings. The van der Waals surface area contributed by atoms with Gasteiger partial charge >= 0.3 is 5.97 Å². The molecule has 1 heterocycles. The Balaban J connectivity index is 1.82. The van der Waals surface area contributed by atoms with Gasteiger partial charge in [-0.2, -0.15) is 0 Å². The van der Waals surface area contributed by atoms with Crippen LogP contribution in [0.5, 0.6) is 0 Å². The lowest BCUT2D eigenvalue weighted by atomic mass is 10.1.